The molecule has 0 aromatic carbocycles. The molecule has 0 radical (unpaired) electrons. The van der Waals surface area contributed by atoms with E-state index in [1.807, 2.05) is 6.92 Å². The standard InChI is InChI=1S/C8H17NO.2CH3.K.H2N/c1-3-4-5-6-7(2)8(9)10;;;;/h7H,3-6H2,1-2H3,(H2,9,10);2*1H3;;1H2/q;2*-1;+1;-1. The van der Waals surface area contributed by atoms with Crippen LogP contribution in [0.4, 0.5) is 0 Å². The molecule has 1 unspecified atom stereocenters. The molecule has 0 spiro atoms. The number of hydrogen-bond acceptors (Lipinski definition) is 1. The van der Waals surface area contributed by atoms with Crippen molar-refractivity contribution in [1.82, 2.24) is 0 Å². The van der Waals surface area contributed by atoms with Crippen LogP contribution in [0.5, 0.6) is 0 Å². The van der Waals surface area contributed by atoms with Gasteiger partial charge in [-0.15, -0.1) is 0 Å². The molecule has 0 saturated heterocycles. The Morgan fingerprint density at radius 1 is 1.29 bits per heavy atom. The largest absolute Gasteiger partial charge is 1.00 e. The van der Waals surface area contributed by atoms with E-state index in [1.165, 1.54) is 12.8 Å². The van der Waals surface area contributed by atoms with Crippen LogP contribution in [0.15, 0.2) is 0 Å². The summed E-state index contributed by atoms with van der Waals surface area (Å²) in [7, 11) is 0. The van der Waals surface area contributed by atoms with E-state index in [4.69, 9.17) is 5.73 Å². The summed E-state index contributed by atoms with van der Waals surface area (Å²) in [5.41, 5.74) is 5.08. The van der Waals surface area contributed by atoms with E-state index < -0.39 is 0 Å². The molecule has 1 amide bonds. The molecular formula is C10H25KN2O-2. The topological polar surface area (TPSA) is 76.6 Å². The van der Waals surface area contributed by atoms with E-state index in [0.29, 0.717) is 0 Å². The second-order valence-corrected chi connectivity index (χ2v) is 2.80. The minimum absolute atomic E-state index is 0. The van der Waals surface area contributed by atoms with E-state index >= 15 is 0 Å². The van der Waals surface area contributed by atoms with Crippen molar-refractivity contribution in [2.24, 2.45) is 11.7 Å². The molecule has 0 aromatic rings. The van der Waals surface area contributed by atoms with Gasteiger partial charge in [0.1, 0.15) is 0 Å². The summed E-state index contributed by atoms with van der Waals surface area (Å²) in [6.07, 6.45) is 4.48. The maximum Gasteiger partial charge on any atom is 1.00 e. The van der Waals surface area contributed by atoms with Crippen LogP contribution in [-0.4, -0.2) is 5.91 Å². The van der Waals surface area contributed by atoms with Gasteiger partial charge >= 0.3 is 51.4 Å². The quantitative estimate of drug-likeness (QED) is 0.410. The molecule has 4 heteroatoms. The van der Waals surface area contributed by atoms with Crippen LogP contribution in [-0.2, 0) is 4.79 Å². The number of rotatable bonds is 5. The molecular weight excluding hydrogens is 203 g/mol. The molecule has 0 fully saturated rings. The summed E-state index contributed by atoms with van der Waals surface area (Å²) in [4.78, 5) is 10.5. The van der Waals surface area contributed by atoms with E-state index in [0.717, 1.165) is 12.8 Å². The number of hydrogen-bond donors (Lipinski definition) is 1. The minimum atomic E-state index is -0.170. The van der Waals surface area contributed by atoms with Crippen molar-refractivity contribution in [1.29, 1.82) is 0 Å². The first-order chi connectivity index (χ1) is 4.68. The Kier molecular flexibility index (Phi) is 41.2. The van der Waals surface area contributed by atoms with Crippen molar-refractivity contribution < 1.29 is 56.2 Å². The molecule has 14 heavy (non-hydrogen) atoms. The van der Waals surface area contributed by atoms with Crippen LogP contribution in [0.1, 0.15) is 39.5 Å². The molecule has 0 aliphatic carbocycles. The molecule has 1 atom stereocenters. The van der Waals surface area contributed by atoms with Crippen LogP contribution < -0.4 is 57.1 Å². The first kappa shape index (κ1) is 29.4. The van der Waals surface area contributed by atoms with Crippen LogP contribution in [0.25, 0.3) is 6.15 Å². The van der Waals surface area contributed by atoms with Crippen molar-refractivity contribution in [3.05, 3.63) is 21.0 Å². The van der Waals surface area contributed by atoms with Gasteiger partial charge in [-0.25, -0.2) is 0 Å². The average molecular weight is 228 g/mol. The van der Waals surface area contributed by atoms with E-state index in [9.17, 15) is 4.79 Å². The van der Waals surface area contributed by atoms with Gasteiger partial charge in [-0.05, 0) is 6.42 Å². The maximum absolute atomic E-state index is 10.5. The normalized spacial score (nSPS) is 9.29. The summed E-state index contributed by atoms with van der Waals surface area (Å²) in [5, 5.41) is 0. The second kappa shape index (κ2) is 19.6. The molecule has 3 nitrogen and oxygen atoms in total. The number of nitrogens with two attached hydrogens (primary N) is 2. The molecule has 84 valence electrons. The Morgan fingerprint density at radius 2 is 1.71 bits per heavy atom. The molecule has 0 saturated carbocycles. The van der Waals surface area contributed by atoms with Gasteiger partial charge < -0.3 is 26.7 Å². The van der Waals surface area contributed by atoms with Crippen LogP contribution in [0.2, 0.25) is 0 Å². The monoisotopic (exact) mass is 228 g/mol. The Hall–Kier alpha value is 1.07. The van der Waals surface area contributed by atoms with Gasteiger partial charge in [0.25, 0.3) is 0 Å². The van der Waals surface area contributed by atoms with Gasteiger partial charge in [-0.2, -0.15) is 0 Å². The maximum atomic E-state index is 10.5. The summed E-state index contributed by atoms with van der Waals surface area (Å²) >= 11 is 0. The first-order valence-corrected chi connectivity index (χ1v) is 3.97. The number of primary amides is 1. The van der Waals surface area contributed by atoms with Crippen molar-refractivity contribution in [3.63, 3.8) is 0 Å². The first-order valence-electron chi connectivity index (χ1n) is 3.97. The van der Waals surface area contributed by atoms with Crippen LogP contribution >= 0.6 is 0 Å². The van der Waals surface area contributed by atoms with Crippen LogP contribution in [0, 0.1) is 20.8 Å². The fourth-order valence-corrected chi connectivity index (χ4v) is 0.843. The molecule has 0 aliphatic rings. The van der Waals surface area contributed by atoms with Gasteiger partial charge in [-0.1, -0.05) is 33.1 Å². The van der Waals surface area contributed by atoms with E-state index in [-0.39, 0.29) is 84.2 Å². The Bertz CT molecular complexity index is 110. The van der Waals surface area contributed by atoms with Crippen molar-refractivity contribution in [2.75, 3.05) is 0 Å². The van der Waals surface area contributed by atoms with Gasteiger partial charge in [0.15, 0.2) is 0 Å². The average Bonchev–Trinajstić information content (AvgIpc) is 1.88. The van der Waals surface area contributed by atoms with Gasteiger partial charge in [0.2, 0.25) is 5.91 Å². The minimum Gasteiger partial charge on any atom is -0.693 e. The second-order valence-electron chi connectivity index (χ2n) is 2.80. The fourth-order valence-electron chi connectivity index (χ4n) is 0.843. The molecule has 0 aromatic heterocycles. The van der Waals surface area contributed by atoms with Crippen molar-refractivity contribution in [2.45, 2.75) is 39.5 Å². The number of carbonyl (C=O) groups is 1. The smallest absolute Gasteiger partial charge is 0.693 e. The molecule has 4 N–H and O–H groups in total. The molecule has 0 bridgehead atoms. The molecule has 0 aliphatic heterocycles. The number of amides is 1. The summed E-state index contributed by atoms with van der Waals surface area (Å²) in [5.74, 6) is -0.109. The zero-order chi connectivity index (χ0) is 7.98. The Balaban J connectivity index is -0.0000000675. The third-order valence-electron chi connectivity index (χ3n) is 1.73. The Morgan fingerprint density at radius 3 is 2.00 bits per heavy atom. The van der Waals surface area contributed by atoms with Gasteiger partial charge in [0.05, 0.1) is 0 Å². The van der Waals surface area contributed by atoms with Crippen molar-refractivity contribution >= 4 is 5.91 Å². The van der Waals surface area contributed by atoms with E-state index in [2.05, 4.69) is 6.92 Å². The molecule has 0 rings (SSSR count). The summed E-state index contributed by atoms with van der Waals surface area (Å²) < 4.78 is 0. The van der Waals surface area contributed by atoms with E-state index in [1.54, 1.807) is 0 Å². The van der Waals surface area contributed by atoms with Gasteiger partial charge in [-0.3, -0.25) is 4.79 Å². The predicted molar refractivity (Wildman–Crippen MR) is 60.6 cm³/mol. The molecule has 0 heterocycles. The van der Waals surface area contributed by atoms with Gasteiger partial charge in [0, 0.05) is 5.92 Å². The number of unbranched alkanes of at least 4 members (excludes halogenated alkanes) is 2. The van der Waals surface area contributed by atoms with Crippen molar-refractivity contribution in [3.8, 4) is 0 Å². The Labute approximate surface area is 133 Å². The zero-order valence-electron chi connectivity index (χ0n) is 10.5. The fraction of sp³-hybridized carbons (Fsp3) is 0.700. The van der Waals surface area contributed by atoms with Crippen LogP contribution in [0.3, 0.4) is 0 Å². The third-order valence-corrected chi connectivity index (χ3v) is 1.73. The summed E-state index contributed by atoms with van der Waals surface area (Å²) in [6, 6.07) is 0. The third kappa shape index (κ3) is 18.8. The summed E-state index contributed by atoms with van der Waals surface area (Å²) in [6.45, 7) is 4.03. The zero-order valence-corrected chi connectivity index (χ0v) is 13.6. The SMILES string of the molecule is CCCCCC(C)C(N)=O.[CH3-].[CH3-].[K+].[NH2-]. The predicted octanol–water partition coefficient (Wildman–Crippen LogP) is 0.310. The number of carbonyl (C=O) groups excluding carboxylic acids is 1.